The van der Waals surface area contributed by atoms with E-state index in [1.54, 1.807) is 12.4 Å². The molecular formula is C17H23N7O. The van der Waals surface area contributed by atoms with Crippen molar-refractivity contribution in [1.82, 2.24) is 30.0 Å². The highest BCUT2D eigenvalue weighted by Crippen LogP contribution is 2.29. The minimum absolute atomic E-state index is 0.00957. The molecule has 0 saturated carbocycles. The van der Waals surface area contributed by atoms with Gasteiger partial charge < -0.3 is 15.1 Å². The van der Waals surface area contributed by atoms with Crippen molar-refractivity contribution in [3.63, 3.8) is 0 Å². The van der Waals surface area contributed by atoms with Gasteiger partial charge in [-0.1, -0.05) is 0 Å². The molecule has 1 fully saturated rings. The third kappa shape index (κ3) is 3.16. The Hall–Kier alpha value is -2.64. The average Bonchev–Trinajstić information content (AvgIpc) is 3.05. The molecule has 0 aromatic carbocycles. The molecule has 2 aromatic heterocycles. The SMILES string of the molecule is Cn1ncc2c1CCC[C@H]2NC(=O)N1CCN(c2ncccn2)CC1. The Bertz CT molecular complexity index is 737. The number of rotatable bonds is 2. The van der Waals surface area contributed by atoms with Crippen LogP contribution in [0.5, 0.6) is 0 Å². The van der Waals surface area contributed by atoms with Gasteiger partial charge in [0, 0.05) is 56.9 Å². The van der Waals surface area contributed by atoms with Crippen LogP contribution >= 0.6 is 0 Å². The van der Waals surface area contributed by atoms with Crippen LogP contribution in [0.2, 0.25) is 0 Å². The van der Waals surface area contributed by atoms with Crippen molar-refractivity contribution in [2.24, 2.45) is 7.05 Å². The van der Waals surface area contributed by atoms with Crippen LogP contribution in [-0.4, -0.2) is 56.9 Å². The van der Waals surface area contributed by atoms with E-state index in [1.807, 2.05) is 28.9 Å². The smallest absolute Gasteiger partial charge is 0.318 e. The van der Waals surface area contributed by atoms with E-state index in [4.69, 9.17) is 0 Å². The summed E-state index contributed by atoms with van der Waals surface area (Å²) in [5, 5.41) is 7.54. The molecule has 4 rings (SSSR count). The second-order valence-electron chi connectivity index (χ2n) is 6.59. The number of urea groups is 1. The van der Waals surface area contributed by atoms with Crippen LogP contribution < -0.4 is 10.2 Å². The largest absolute Gasteiger partial charge is 0.337 e. The molecule has 0 radical (unpaired) electrons. The van der Waals surface area contributed by atoms with Crippen LogP contribution in [0.3, 0.4) is 0 Å². The van der Waals surface area contributed by atoms with Gasteiger partial charge in [0.2, 0.25) is 5.95 Å². The molecule has 1 aliphatic heterocycles. The Morgan fingerprint density at radius 1 is 1.20 bits per heavy atom. The zero-order valence-corrected chi connectivity index (χ0v) is 14.4. The lowest BCUT2D eigenvalue weighted by molar-refractivity contribution is 0.188. The van der Waals surface area contributed by atoms with Crippen molar-refractivity contribution < 1.29 is 4.79 Å². The summed E-state index contributed by atoms with van der Waals surface area (Å²) in [6, 6.07) is 1.89. The van der Waals surface area contributed by atoms with Gasteiger partial charge in [-0.25, -0.2) is 14.8 Å². The van der Waals surface area contributed by atoms with Crippen LogP contribution in [-0.2, 0) is 13.5 Å². The van der Waals surface area contributed by atoms with Crippen molar-refractivity contribution in [2.45, 2.75) is 25.3 Å². The second-order valence-corrected chi connectivity index (χ2v) is 6.59. The lowest BCUT2D eigenvalue weighted by Gasteiger charge is -2.35. The first-order chi connectivity index (χ1) is 12.2. The van der Waals surface area contributed by atoms with Gasteiger partial charge in [0.25, 0.3) is 0 Å². The number of hydrogen-bond donors (Lipinski definition) is 1. The van der Waals surface area contributed by atoms with E-state index in [0.717, 1.165) is 38.3 Å². The molecule has 3 heterocycles. The molecule has 8 nitrogen and oxygen atoms in total. The number of aryl methyl sites for hydroxylation is 1. The molecule has 2 aliphatic rings. The molecule has 0 unspecified atom stereocenters. The Labute approximate surface area is 146 Å². The fourth-order valence-electron chi connectivity index (χ4n) is 3.66. The standard InChI is InChI=1S/C17H23N7O/c1-22-15-5-2-4-14(13(15)12-20-22)21-17(25)24-10-8-23(9-11-24)16-18-6-3-7-19-16/h3,6-7,12,14H,2,4-5,8-11H2,1H3,(H,21,25)/t14-/m1/s1. The van der Waals surface area contributed by atoms with Gasteiger partial charge in [-0.05, 0) is 25.3 Å². The van der Waals surface area contributed by atoms with E-state index in [0.29, 0.717) is 13.1 Å². The second kappa shape index (κ2) is 6.70. The Balaban J connectivity index is 1.36. The maximum atomic E-state index is 12.7. The molecule has 2 amide bonds. The van der Waals surface area contributed by atoms with E-state index < -0.39 is 0 Å². The lowest BCUT2D eigenvalue weighted by Crippen LogP contribution is -2.52. The molecule has 2 aromatic rings. The number of anilines is 1. The van der Waals surface area contributed by atoms with Gasteiger partial charge in [0.05, 0.1) is 12.2 Å². The molecule has 1 saturated heterocycles. The third-order valence-corrected chi connectivity index (χ3v) is 5.08. The van der Waals surface area contributed by atoms with E-state index in [1.165, 1.54) is 11.3 Å². The maximum absolute atomic E-state index is 12.7. The minimum atomic E-state index is 0.00957. The van der Waals surface area contributed by atoms with E-state index >= 15 is 0 Å². The summed E-state index contributed by atoms with van der Waals surface area (Å²) >= 11 is 0. The lowest BCUT2D eigenvalue weighted by atomic mass is 9.93. The Kier molecular flexibility index (Phi) is 4.25. The number of hydrogen-bond acceptors (Lipinski definition) is 5. The summed E-state index contributed by atoms with van der Waals surface area (Å²) < 4.78 is 1.92. The molecule has 25 heavy (non-hydrogen) atoms. The maximum Gasteiger partial charge on any atom is 0.318 e. The zero-order chi connectivity index (χ0) is 17.2. The molecule has 1 atom stereocenters. The van der Waals surface area contributed by atoms with E-state index in [9.17, 15) is 4.79 Å². The number of aromatic nitrogens is 4. The van der Waals surface area contributed by atoms with Gasteiger partial charge in [0.15, 0.2) is 0 Å². The summed E-state index contributed by atoms with van der Waals surface area (Å²) in [5.74, 6) is 0.731. The van der Waals surface area contributed by atoms with Crippen LogP contribution in [0.25, 0.3) is 0 Å². The van der Waals surface area contributed by atoms with Crippen molar-refractivity contribution in [3.8, 4) is 0 Å². The Morgan fingerprint density at radius 2 is 1.96 bits per heavy atom. The van der Waals surface area contributed by atoms with Crippen LogP contribution in [0.4, 0.5) is 10.7 Å². The Morgan fingerprint density at radius 3 is 2.72 bits per heavy atom. The van der Waals surface area contributed by atoms with Crippen molar-refractivity contribution >= 4 is 12.0 Å². The topological polar surface area (TPSA) is 79.2 Å². The van der Waals surface area contributed by atoms with Crippen molar-refractivity contribution in [3.05, 3.63) is 35.9 Å². The third-order valence-electron chi connectivity index (χ3n) is 5.08. The highest BCUT2D eigenvalue weighted by Gasteiger charge is 2.28. The van der Waals surface area contributed by atoms with Gasteiger partial charge in [-0.2, -0.15) is 5.10 Å². The molecule has 8 heteroatoms. The molecule has 132 valence electrons. The number of fused-ring (bicyclic) bond motifs is 1. The summed E-state index contributed by atoms with van der Waals surface area (Å²) in [4.78, 5) is 25.2. The quantitative estimate of drug-likeness (QED) is 0.885. The van der Waals surface area contributed by atoms with E-state index in [-0.39, 0.29) is 12.1 Å². The van der Waals surface area contributed by atoms with Crippen molar-refractivity contribution in [2.75, 3.05) is 31.1 Å². The van der Waals surface area contributed by atoms with E-state index in [2.05, 4.69) is 25.3 Å². The molecule has 1 aliphatic carbocycles. The number of piperazine rings is 1. The minimum Gasteiger partial charge on any atom is -0.337 e. The first-order valence-electron chi connectivity index (χ1n) is 8.80. The predicted octanol–water partition coefficient (Wildman–Crippen LogP) is 1.12. The fraction of sp³-hybridized carbons (Fsp3) is 0.529. The summed E-state index contributed by atoms with van der Waals surface area (Å²) in [5.41, 5.74) is 2.40. The average molecular weight is 341 g/mol. The van der Waals surface area contributed by atoms with Gasteiger partial charge in [-0.3, -0.25) is 4.68 Å². The monoisotopic (exact) mass is 341 g/mol. The van der Waals surface area contributed by atoms with Crippen LogP contribution in [0.15, 0.2) is 24.7 Å². The van der Waals surface area contributed by atoms with Gasteiger partial charge in [0.1, 0.15) is 0 Å². The molecule has 1 N–H and O–H groups in total. The number of carbonyl (C=O) groups excluding carboxylic acids is 1. The highest BCUT2D eigenvalue weighted by atomic mass is 16.2. The fourth-order valence-corrected chi connectivity index (χ4v) is 3.66. The first-order valence-corrected chi connectivity index (χ1v) is 8.80. The van der Waals surface area contributed by atoms with Crippen molar-refractivity contribution in [1.29, 1.82) is 0 Å². The summed E-state index contributed by atoms with van der Waals surface area (Å²) in [7, 11) is 1.97. The highest BCUT2D eigenvalue weighted by molar-refractivity contribution is 5.75. The summed E-state index contributed by atoms with van der Waals surface area (Å²) in [6.07, 6.45) is 8.48. The first kappa shape index (κ1) is 15.9. The number of nitrogens with zero attached hydrogens (tertiary/aromatic N) is 6. The number of carbonyl (C=O) groups is 1. The molecule has 0 spiro atoms. The normalized spacial score (nSPS) is 20.3. The summed E-state index contributed by atoms with van der Waals surface area (Å²) in [6.45, 7) is 2.86. The molecule has 0 bridgehead atoms. The zero-order valence-electron chi connectivity index (χ0n) is 14.4. The number of nitrogens with one attached hydrogen (secondary N) is 1. The predicted molar refractivity (Wildman–Crippen MR) is 93.2 cm³/mol. The van der Waals surface area contributed by atoms with Crippen LogP contribution in [0, 0.1) is 0 Å². The van der Waals surface area contributed by atoms with Gasteiger partial charge in [-0.15, -0.1) is 0 Å². The van der Waals surface area contributed by atoms with Crippen LogP contribution in [0.1, 0.15) is 30.1 Å². The number of amides is 2. The van der Waals surface area contributed by atoms with Gasteiger partial charge >= 0.3 is 6.03 Å². The molecular weight excluding hydrogens is 318 g/mol.